The molecule has 3 heterocycles. The molecular formula is C21H25F5N2O5. The molecule has 184 valence electrons. The molecule has 1 saturated carbocycles. The van der Waals surface area contributed by atoms with Crippen LogP contribution < -0.4 is 0 Å². The summed E-state index contributed by atoms with van der Waals surface area (Å²) in [6, 6.07) is 5.74. The van der Waals surface area contributed by atoms with Crippen LogP contribution in [-0.4, -0.2) is 71.4 Å². The van der Waals surface area contributed by atoms with Gasteiger partial charge in [0.2, 0.25) is 11.8 Å². The molecule has 0 spiro atoms. The molecule has 7 nitrogen and oxygen atoms in total. The number of likely N-dealkylation sites (tertiary alicyclic amines) is 1. The number of nitrogens with zero attached hydrogens (tertiary/aromatic N) is 2. The fourth-order valence-corrected chi connectivity index (χ4v) is 4.27. The molecule has 33 heavy (non-hydrogen) atoms. The summed E-state index contributed by atoms with van der Waals surface area (Å²) in [5, 5.41) is 7.12. The highest BCUT2D eigenvalue weighted by Crippen LogP contribution is 2.44. The zero-order valence-corrected chi connectivity index (χ0v) is 17.6. The van der Waals surface area contributed by atoms with Crippen LogP contribution >= 0.6 is 0 Å². The monoisotopic (exact) mass is 480 g/mol. The summed E-state index contributed by atoms with van der Waals surface area (Å²) < 4.78 is 69.3. The largest absolute Gasteiger partial charge is 0.490 e. The summed E-state index contributed by atoms with van der Waals surface area (Å²) in [6.07, 6.45) is -3.03. The van der Waals surface area contributed by atoms with Crippen LogP contribution in [0.2, 0.25) is 0 Å². The number of carbonyl (C=O) groups is 2. The van der Waals surface area contributed by atoms with Crippen LogP contribution in [0.3, 0.4) is 0 Å². The molecule has 1 aliphatic carbocycles. The number of rotatable bonds is 6. The lowest BCUT2D eigenvalue weighted by atomic mass is 9.80. The topological polar surface area (TPSA) is 89.0 Å². The smallest absolute Gasteiger partial charge is 0.475 e. The second-order valence-corrected chi connectivity index (χ2v) is 8.47. The summed E-state index contributed by atoms with van der Waals surface area (Å²) in [4.78, 5) is 27.2. The number of ether oxygens (including phenoxy) is 2. The van der Waals surface area contributed by atoms with Crippen molar-refractivity contribution < 1.29 is 46.1 Å². The molecule has 3 aliphatic rings. The van der Waals surface area contributed by atoms with Crippen molar-refractivity contribution >= 4 is 11.9 Å². The van der Waals surface area contributed by atoms with Gasteiger partial charge >= 0.3 is 12.1 Å². The van der Waals surface area contributed by atoms with E-state index in [0.717, 1.165) is 12.1 Å². The van der Waals surface area contributed by atoms with Crippen LogP contribution in [0.1, 0.15) is 25.0 Å². The van der Waals surface area contributed by atoms with Gasteiger partial charge in [0, 0.05) is 50.6 Å². The Bertz CT molecular complexity index is 815. The van der Waals surface area contributed by atoms with Crippen molar-refractivity contribution in [2.24, 2.45) is 17.8 Å². The van der Waals surface area contributed by atoms with E-state index in [4.69, 9.17) is 19.4 Å². The first kappa shape index (κ1) is 25.3. The van der Waals surface area contributed by atoms with Gasteiger partial charge in [-0.05, 0) is 24.5 Å². The third-order valence-electron chi connectivity index (χ3n) is 6.04. The van der Waals surface area contributed by atoms with E-state index in [1.165, 1.54) is 0 Å². The number of hydrogen-bond acceptors (Lipinski definition) is 5. The van der Waals surface area contributed by atoms with E-state index in [0.29, 0.717) is 38.8 Å². The van der Waals surface area contributed by atoms with Gasteiger partial charge < -0.3 is 19.5 Å². The minimum atomic E-state index is -5.08. The zero-order valence-electron chi connectivity index (χ0n) is 17.6. The molecule has 2 saturated heterocycles. The predicted molar refractivity (Wildman–Crippen MR) is 103 cm³/mol. The maximum absolute atomic E-state index is 13.0. The minimum Gasteiger partial charge on any atom is -0.475 e. The summed E-state index contributed by atoms with van der Waals surface area (Å²) in [6.45, 7) is 2.96. The molecule has 1 aromatic heterocycles. The quantitative estimate of drug-likeness (QED) is 0.497. The van der Waals surface area contributed by atoms with Crippen molar-refractivity contribution in [3.8, 4) is 0 Å². The number of pyridine rings is 1. The maximum Gasteiger partial charge on any atom is 0.490 e. The standard InChI is InChI=1S/C19H24F2N2O3.C2HF3O2/c20-19(21)7-14(8-19)18(24)23-9-16-13(11-26-17(16)10-23)4-6-25-12-15-3-1-2-5-22-15;3-2(4,5)1(6)7/h1-3,5,13-14,16-17H,4,6-12H2;(H,6,7)/t13-,16-,17-;/m0./s1. The summed E-state index contributed by atoms with van der Waals surface area (Å²) in [7, 11) is 0. The van der Waals surface area contributed by atoms with E-state index < -0.39 is 24.0 Å². The maximum atomic E-state index is 13.0. The van der Waals surface area contributed by atoms with Crippen molar-refractivity contribution in [3.05, 3.63) is 30.1 Å². The molecule has 0 aromatic carbocycles. The number of carboxylic acid groups (broad SMARTS) is 1. The Balaban J connectivity index is 0.000000383. The van der Waals surface area contributed by atoms with Gasteiger partial charge in [-0.1, -0.05) is 6.07 Å². The van der Waals surface area contributed by atoms with Crippen LogP contribution in [0, 0.1) is 17.8 Å². The number of carbonyl (C=O) groups excluding carboxylic acids is 1. The van der Waals surface area contributed by atoms with Crippen LogP contribution in [0.4, 0.5) is 22.0 Å². The summed E-state index contributed by atoms with van der Waals surface area (Å²) in [5.41, 5.74) is 0.906. The number of alkyl halides is 5. The van der Waals surface area contributed by atoms with Crippen molar-refractivity contribution in [3.63, 3.8) is 0 Å². The first-order chi connectivity index (χ1) is 15.5. The minimum absolute atomic E-state index is 0.0420. The van der Waals surface area contributed by atoms with Gasteiger partial charge in [0.15, 0.2) is 0 Å². The molecule has 1 N–H and O–H groups in total. The lowest BCUT2D eigenvalue weighted by Crippen LogP contribution is -2.46. The van der Waals surface area contributed by atoms with E-state index in [-0.39, 0.29) is 30.8 Å². The first-order valence-electron chi connectivity index (χ1n) is 10.5. The van der Waals surface area contributed by atoms with E-state index >= 15 is 0 Å². The van der Waals surface area contributed by atoms with E-state index in [1.807, 2.05) is 18.2 Å². The Morgan fingerprint density at radius 2 is 1.94 bits per heavy atom. The van der Waals surface area contributed by atoms with Gasteiger partial charge in [-0.3, -0.25) is 9.78 Å². The Labute approximate surface area is 186 Å². The Hall–Kier alpha value is -2.34. The predicted octanol–water partition coefficient (Wildman–Crippen LogP) is 3.14. The molecule has 1 aromatic rings. The molecule has 0 unspecified atom stereocenters. The van der Waals surface area contributed by atoms with Crippen LogP contribution in [0.25, 0.3) is 0 Å². The number of halogens is 5. The molecule has 4 rings (SSSR count). The molecular weight excluding hydrogens is 455 g/mol. The second kappa shape index (κ2) is 10.3. The number of carboxylic acids is 1. The van der Waals surface area contributed by atoms with Crippen LogP contribution in [0.15, 0.2) is 24.4 Å². The van der Waals surface area contributed by atoms with Gasteiger partial charge in [-0.25, -0.2) is 13.6 Å². The SMILES string of the molecule is O=C(C1CC(F)(F)C1)N1C[C@H]2[C@@H](CCOCc3ccccn3)CO[C@H]2C1.O=C(O)C(F)(F)F. The highest BCUT2D eigenvalue weighted by atomic mass is 19.4. The molecule has 3 fully saturated rings. The van der Waals surface area contributed by atoms with E-state index in [2.05, 4.69) is 4.98 Å². The number of aliphatic carboxylic acids is 1. The Kier molecular flexibility index (Phi) is 7.88. The average Bonchev–Trinajstić information content (AvgIpc) is 3.31. The number of amides is 1. The molecule has 1 amide bonds. The zero-order chi connectivity index (χ0) is 24.2. The van der Waals surface area contributed by atoms with Crippen molar-refractivity contribution in [1.82, 2.24) is 9.88 Å². The fourth-order valence-electron chi connectivity index (χ4n) is 4.27. The molecule has 12 heteroatoms. The van der Waals surface area contributed by atoms with Crippen molar-refractivity contribution in [1.29, 1.82) is 0 Å². The third-order valence-corrected chi connectivity index (χ3v) is 6.04. The fraction of sp³-hybridized carbons (Fsp3) is 0.667. The first-order valence-corrected chi connectivity index (χ1v) is 10.5. The van der Waals surface area contributed by atoms with Gasteiger partial charge in [0.25, 0.3) is 0 Å². The van der Waals surface area contributed by atoms with Gasteiger partial charge in [-0.15, -0.1) is 0 Å². The van der Waals surface area contributed by atoms with E-state index in [1.54, 1.807) is 11.1 Å². The summed E-state index contributed by atoms with van der Waals surface area (Å²) >= 11 is 0. The number of hydrogen-bond donors (Lipinski definition) is 1. The number of fused-ring (bicyclic) bond motifs is 1. The Morgan fingerprint density at radius 1 is 1.24 bits per heavy atom. The molecule has 2 aliphatic heterocycles. The highest BCUT2D eigenvalue weighted by Gasteiger charge is 2.52. The van der Waals surface area contributed by atoms with Crippen molar-refractivity contribution in [2.45, 2.75) is 44.1 Å². The second-order valence-electron chi connectivity index (χ2n) is 8.47. The average molecular weight is 480 g/mol. The molecule has 0 radical (unpaired) electrons. The third kappa shape index (κ3) is 6.83. The van der Waals surface area contributed by atoms with Gasteiger partial charge in [0.1, 0.15) is 0 Å². The van der Waals surface area contributed by atoms with Crippen LogP contribution in [-0.2, 0) is 25.7 Å². The Morgan fingerprint density at radius 3 is 2.52 bits per heavy atom. The highest BCUT2D eigenvalue weighted by molar-refractivity contribution is 5.80. The molecule has 0 bridgehead atoms. The van der Waals surface area contributed by atoms with Gasteiger partial charge in [-0.2, -0.15) is 13.2 Å². The number of aromatic nitrogens is 1. The molecule has 3 atom stereocenters. The lowest BCUT2D eigenvalue weighted by Gasteiger charge is -2.36. The summed E-state index contributed by atoms with van der Waals surface area (Å²) in [5.74, 6) is -5.40. The van der Waals surface area contributed by atoms with Crippen LogP contribution in [0.5, 0.6) is 0 Å². The van der Waals surface area contributed by atoms with Crippen molar-refractivity contribution in [2.75, 3.05) is 26.3 Å². The lowest BCUT2D eigenvalue weighted by molar-refractivity contribution is -0.192. The van der Waals surface area contributed by atoms with Gasteiger partial charge in [0.05, 0.1) is 25.0 Å². The normalized spacial score (nSPS) is 26.2. The van der Waals surface area contributed by atoms with E-state index in [9.17, 15) is 26.7 Å².